The Hall–Kier alpha value is -1.35. The van der Waals surface area contributed by atoms with Gasteiger partial charge in [0.1, 0.15) is 0 Å². The Kier molecular flexibility index (Phi) is 4.59. The summed E-state index contributed by atoms with van der Waals surface area (Å²) in [5.41, 5.74) is 0.181. The number of hydrogen-bond acceptors (Lipinski definition) is 2. The Morgan fingerprint density at radius 1 is 1.32 bits per heavy atom. The smallest absolute Gasteiger partial charge is 0.314 e. The van der Waals surface area contributed by atoms with Gasteiger partial charge in [0.15, 0.2) is 0 Å². The summed E-state index contributed by atoms with van der Waals surface area (Å²) in [4.78, 5) is 11.9. The van der Waals surface area contributed by atoms with Gasteiger partial charge in [0.25, 0.3) is 0 Å². The first-order valence-corrected chi connectivity index (χ1v) is 7.05. The maximum absolute atomic E-state index is 11.9. The van der Waals surface area contributed by atoms with E-state index >= 15 is 0 Å². The highest BCUT2D eigenvalue weighted by molar-refractivity contribution is 5.81. The third-order valence-electron chi connectivity index (χ3n) is 4.32. The molecule has 1 aliphatic heterocycles. The predicted molar refractivity (Wildman–Crippen MR) is 74.2 cm³/mol. The van der Waals surface area contributed by atoms with E-state index in [1.807, 2.05) is 37.3 Å². The Morgan fingerprint density at radius 2 is 1.95 bits per heavy atom. The lowest BCUT2D eigenvalue weighted by Crippen LogP contribution is -2.38. The fraction of sp³-hybridized carbons (Fsp3) is 0.562. The average molecular weight is 262 g/mol. The third kappa shape index (κ3) is 2.98. The molecule has 1 unspecified atom stereocenters. The number of carbonyl (C=O) groups is 1. The first-order valence-electron chi connectivity index (χ1n) is 7.05. The van der Waals surface area contributed by atoms with Gasteiger partial charge in [-0.1, -0.05) is 37.3 Å². The molecule has 1 N–H and O–H groups in total. The van der Waals surface area contributed by atoms with Crippen molar-refractivity contribution in [2.45, 2.75) is 38.0 Å². The molecule has 1 aromatic rings. The lowest BCUT2D eigenvalue weighted by atomic mass is 9.70. The minimum absolute atomic E-state index is 0.449. The predicted octanol–water partition coefficient (Wildman–Crippen LogP) is 3.24. The first kappa shape index (κ1) is 14.1. The van der Waals surface area contributed by atoms with Crippen molar-refractivity contribution >= 4 is 5.97 Å². The second kappa shape index (κ2) is 6.20. The molecule has 1 fully saturated rings. The van der Waals surface area contributed by atoms with Crippen LogP contribution >= 0.6 is 0 Å². The van der Waals surface area contributed by atoms with Crippen molar-refractivity contribution in [1.82, 2.24) is 0 Å². The van der Waals surface area contributed by atoms with Gasteiger partial charge >= 0.3 is 5.97 Å². The molecule has 0 spiro atoms. The van der Waals surface area contributed by atoms with Crippen molar-refractivity contribution < 1.29 is 14.6 Å². The minimum atomic E-state index is -0.747. The van der Waals surface area contributed by atoms with Crippen molar-refractivity contribution in [3.8, 4) is 0 Å². The SMILES string of the molecule is CCC(CC1CCOCC1)(C(=O)O)c1ccccc1. The summed E-state index contributed by atoms with van der Waals surface area (Å²) in [6.07, 6.45) is 3.29. The molecule has 0 amide bonds. The van der Waals surface area contributed by atoms with Gasteiger partial charge in [0.2, 0.25) is 0 Å². The Bertz CT molecular complexity index is 409. The monoisotopic (exact) mass is 262 g/mol. The Balaban J connectivity index is 2.26. The van der Waals surface area contributed by atoms with E-state index in [0.717, 1.165) is 31.6 Å². The van der Waals surface area contributed by atoms with Crippen LogP contribution in [0.15, 0.2) is 30.3 Å². The molecule has 0 aliphatic carbocycles. The fourth-order valence-corrected chi connectivity index (χ4v) is 3.03. The fourth-order valence-electron chi connectivity index (χ4n) is 3.03. The molecule has 104 valence electrons. The van der Waals surface area contributed by atoms with E-state index in [4.69, 9.17) is 4.74 Å². The van der Waals surface area contributed by atoms with Crippen molar-refractivity contribution in [2.24, 2.45) is 5.92 Å². The number of hydrogen-bond donors (Lipinski definition) is 1. The summed E-state index contributed by atoms with van der Waals surface area (Å²) in [5.74, 6) is -0.252. The quantitative estimate of drug-likeness (QED) is 0.886. The van der Waals surface area contributed by atoms with Gasteiger partial charge < -0.3 is 9.84 Å². The third-order valence-corrected chi connectivity index (χ3v) is 4.32. The molecular weight excluding hydrogens is 240 g/mol. The van der Waals surface area contributed by atoms with Gasteiger partial charge in [-0.2, -0.15) is 0 Å². The number of carboxylic acids is 1. The molecule has 1 atom stereocenters. The largest absolute Gasteiger partial charge is 0.481 e. The lowest BCUT2D eigenvalue weighted by Gasteiger charge is -2.34. The molecule has 1 heterocycles. The number of aliphatic carboxylic acids is 1. The maximum atomic E-state index is 11.9. The summed E-state index contributed by atoms with van der Waals surface area (Å²) in [5, 5.41) is 9.78. The van der Waals surface area contributed by atoms with Gasteiger partial charge in [-0.05, 0) is 37.2 Å². The van der Waals surface area contributed by atoms with Crippen LogP contribution in [0.5, 0.6) is 0 Å². The standard InChI is InChI=1S/C16H22O3/c1-2-16(15(17)18,14-6-4-3-5-7-14)12-13-8-10-19-11-9-13/h3-7,13H,2,8-12H2,1H3,(H,17,18). The van der Waals surface area contributed by atoms with E-state index in [-0.39, 0.29) is 0 Å². The van der Waals surface area contributed by atoms with Crippen LogP contribution in [0, 0.1) is 5.92 Å². The molecule has 1 aliphatic rings. The zero-order valence-electron chi connectivity index (χ0n) is 11.5. The summed E-state index contributed by atoms with van der Waals surface area (Å²) < 4.78 is 5.37. The number of benzene rings is 1. The summed E-state index contributed by atoms with van der Waals surface area (Å²) in [7, 11) is 0. The van der Waals surface area contributed by atoms with Crippen molar-refractivity contribution in [3.05, 3.63) is 35.9 Å². The molecular formula is C16H22O3. The summed E-state index contributed by atoms with van der Waals surface area (Å²) in [6.45, 7) is 3.50. The Labute approximate surface area is 114 Å². The summed E-state index contributed by atoms with van der Waals surface area (Å²) in [6, 6.07) is 9.66. The highest BCUT2D eigenvalue weighted by Crippen LogP contribution is 2.38. The molecule has 1 saturated heterocycles. The van der Waals surface area contributed by atoms with Crippen LogP contribution in [-0.2, 0) is 14.9 Å². The van der Waals surface area contributed by atoms with Crippen molar-refractivity contribution in [1.29, 1.82) is 0 Å². The highest BCUT2D eigenvalue weighted by Gasteiger charge is 2.40. The van der Waals surface area contributed by atoms with E-state index in [1.54, 1.807) is 0 Å². The number of rotatable bonds is 5. The van der Waals surface area contributed by atoms with Crippen molar-refractivity contribution in [3.63, 3.8) is 0 Å². The topological polar surface area (TPSA) is 46.5 Å². The van der Waals surface area contributed by atoms with Gasteiger partial charge in [-0.15, -0.1) is 0 Å². The number of ether oxygens (including phenoxy) is 1. The normalized spacial score (nSPS) is 19.8. The van der Waals surface area contributed by atoms with Crippen LogP contribution in [0.25, 0.3) is 0 Å². The number of carboxylic acid groups (broad SMARTS) is 1. The van der Waals surface area contributed by atoms with Crippen LogP contribution in [0.1, 0.15) is 38.2 Å². The van der Waals surface area contributed by atoms with Crippen LogP contribution in [0.2, 0.25) is 0 Å². The van der Waals surface area contributed by atoms with Crippen LogP contribution in [0.3, 0.4) is 0 Å². The van der Waals surface area contributed by atoms with Crippen LogP contribution < -0.4 is 0 Å². The average Bonchev–Trinajstić information content (AvgIpc) is 2.46. The molecule has 1 aromatic carbocycles. The van der Waals surface area contributed by atoms with E-state index in [2.05, 4.69) is 0 Å². The molecule has 0 radical (unpaired) electrons. The molecule has 0 saturated carbocycles. The van der Waals surface area contributed by atoms with Gasteiger partial charge in [0.05, 0.1) is 5.41 Å². The minimum Gasteiger partial charge on any atom is -0.481 e. The molecule has 0 aromatic heterocycles. The maximum Gasteiger partial charge on any atom is 0.314 e. The van der Waals surface area contributed by atoms with E-state index in [0.29, 0.717) is 18.8 Å². The van der Waals surface area contributed by atoms with E-state index in [1.165, 1.54) is 0 Å². The molecule has 3 nitrogen and oxygen atoms in total. The second-order valence-corrected chi connectivity index (χ2v) is 5.37. The zero-order chi connectivity index (χ0) is 13.7. The summed E-state index contributed by atoms with van der Waals surface area (Å²) >= 11 is 0. The molecule has 3 heteroatoms. The van der Waals surface area contributed by atoms with Gasteiger partial charge in [-0.3, -0.25) is 4.79 Å². The van der Waals surface area contributed by atoms with Crippen LogP contribution in [0.4, 0.5) is 0 Å². The second-order valence-electron chi connectivity index (χ2n) is 5.37. The molecule has 2 rings (SSSR count). The molecule has 0 bridgehead atoms. The van der Waals surface area contributed by atoms with Gasteiger partial charge in [-0.25, -0.2) is 0 Å². The Morgan fingerprint density at radius 3 is 2.47 bits per heavy atom. The van der Waals surface area contributed by atoms with E-state index in [9.17, 15) is 9.90 Å². The zero-order valence-corrected chi connectivity index (χ0v) is 11.5. The van der Waals surface area contributed by atoms with Crippen LogP contribution in [-0.4, -0.2) is 24.3 Å². The molecule has 19 heavy (non-hydrogen) atoms. The first-order chi connectivity index (χ1) is 9.19. The highest BCUT2D eigenvalue weighted by atomic mass is 16.5. The van der Waals surface area contributed by atoms with E-state index < -0.39 is 11.4 Å². The lowest BCUT2D eigenvalue weighted by molar-refractivity contribution is -0.145. The van der Waals surface area contributed by atoms with Crippen molar-refractivity contribution in [2.75, 3.05) is 13.2 Å². The van der Waals surface area contributed by atoms with Gasteiger partial charge in [0, 0.05) is 13.2 Å².